The average molecular weight is 394 g/mol. The van der Waals surface area contributed by atoms with Crippen molar-refractivity contribution in [2.75, 3.05) is 0 Å². The van der Waals surface area contributed by atoms with Gasteiger partial charge >= 0.3 is 0 Å². The molecule has 0 N–H and O–H groups in total. The Labute approximate surface area is 173 Å². The predicted molar refractivity (Wildman–Crippen MR) is 119 cm³/mol. The molecule has 0 aliphatic heterocycles. The third-order valence-corrected chi connectivity index (χ3v) is 5.21. The molecule has 0 saturated heterocycles. The van der Waals surface area contributed by atoms with Gasteiger partial charge in [0.1, 0.15) is 6.33 Å². The zero-order chi connectivity index (χ0) is 19.6. The van der Waals surface area contributed by atoms with Gasteiger partial charge in [0.2, 0.25) is 0 Å². The second kappa shape index (κ2) is 7.46. The topological polar surface area (TPSA) is 38.7 Å². The molecule has 0 radical (unpaired) electrons. The molecule has 0 amide bonds. The summed E-state index contributed by atoms with van der Waals surface area (Å²) in [7, 11) is 0. The second-order valence-corrected chi connectivity index (χ2v) is 7.16. The van der Waals surface area contributed by atoms with Crippen LogP contribution < -0.4 is 0 Å². The van der Waals surface area contributed by atoms with Crippen LogP contribution in [0.4, 0.5) is 0 Å². The maximum Gasteiger partial charge on any atom is 0.164 e. The smallest absolute Gasteiger partial charge is 0.164 e. The second-order valence-electron chi connectivity index (χ2n) is 6.76. The van der Waals surface area contributed by atoms with E-state index in [0.717, 1.165) is 22.3 Å². The lowest BCUT2D eigenvalue weighted by Crippen LogP contribution is -1.95. The largest absolute Gasteiger partial charge is 0.217 e. The summed E-state index contributed by atoms with van der Waals surface area (Å²) in [5.74, 6) is 1.19. The minimum atomic E-state index is 0.564. The molecule has 1 heterocycles. The van der Waals surface area contributed by atoms with Crippen LogP contribution in [0.3, 0.4) is 0 Å². The number of aromatic nitrogens is 3. The molecule has 138 valence electrons. The molecule has 0 unspecified atom stereocenters. The van der Waals surface area contributed by atoms with Crippen molar-refractivity contribution in [1.29, 1.82) is 0 Å². The van der Waals surface area contributed by atoms with Gasteiger partial charge in [0.25, 0.3) is 0 Å². The van der Waals surface area contributed by atoms with E-state index in [1.807, 2.05) is 54.6 Å². The van der Waals surface area contributed by atoms with Gasteiger partial charge in [-0.25, -0.2) is 15.0 Å². The SMILES string of the molecule is Clc1cc(-c2ccc3ccccc3c2)ccc1-c1ncnc(-c2ccccc2)n1. The van der Waals surface area contributed by atoms with Crippen LogP contribution in [0.5, 0.6) is 0 Å². The Morgan fingerprint density at radius 3 is 2.07 bits per heavy atom. The van der Waals surface area contributed by atoms with Crippen LogP contribution in [-0.4, -0.2) is 15.0 Å². The fraction of sp³-hybridized carbons (Fsp3) is 0. The highest BCUT2D eigenvalue weighted by Crippen LogP contribution is 2.32. The average Bonchev–Trinajstić information content (AvgIpc) is 2.79. The molecule has 0 spiro atoms. The van der Waals surface area contributed by atoms with Crippen molar-refractivity contribution < 1.29 is 0 Å². The number of hydrogen-bond acceptors (Lipinski definition) is 3. The molecule has 0 saturated carbocycles. The maximum absolute atomic E-state index is 6.63. The molecule has 0 fully saturated rings. The summed E-state index contributed by atoms with van der Waals surface area (Å²) in [5, 5.41) is 3.04. The summed E-state index contributed by atoms with van der Waals surface area (Å²) >= 11 is 6.63. The summed E-state index contributed by atoms with van der Waals surface area (Å²) in [6.07, 6.45) is 1.53. The highest BCUT2D eigenvalue weighted by atomic mass is 35.5. The van der Waals surface area contributed by atoms with Crippen LogP contribution in [0, 0.1) is 0 Å². The van der Waals surface area contributed by atoms with Gasteiger partial charge in [-0.05, 0) is 40.1 Å². The molecule has 4 aromatic carbocycles. The molecule has 5 rings (SSSR count). The maximum atomic E-state index is 6.63. The minimum Gasteiger partial charge on any atom is -0.217 e. The van der Waals surface area contributed by atoms with Crippen LogP contribution in [0.1, 0.15) is 0 Å². The summed E-state index contributed by atoms with van der Waals surface area (Å²) in [6, 6.07) is 30.6. The predicted octanol–water partition coefficient (Wildman–Crippen LogP) is 6.68. The van der Waals surface area contributed by atoms with Gasteiger partial charge in [-0.15, -0.1) is 0 Å². The first kappa shape index (κ1) is 17.5. The Kier molecular flexibility index (Phi) is 4.51. The van der Waals surface area contributed by atoms with E-state index in [1.54, 1.807) is 0 Å². The first-order valence-electron chi connectivity index (χ1n) is 9.31. The fourth-order valence-electron chi connectivity index (χ4n) is 3.40. The van der Waals surface area contributed by atoms with Crippen LogP contribution in [0.25, 0.3) is 44.7 Å². The number of benzene rings is 4. The van der Waals surface area contributed by atoms with Gasteiger partial charge in [-0.2, -0.15) is 0 Å². The highest BCUT2D eigenvalue weighted by molar-refractivity contribution is 6.33. The third kappa shape index (κ3) is 3.48. The molecular formula is C25H16ClN3. The van der Waals surface area contributed by atoms with E-state index >= 15 is 0 Å². The Morgan fingerprint density at radius 1 is 0.552 bits per heavy atom. The number of halogens is 1. The third-order valence-electron chi connectivity index (χ3n) is 4.90. The van der Waals surface area contributed by atoms with E-state index in [1.165, 1.54) is 17.1 Å². The lowest BCUT2D eigenvalue weighted by Gasteiger charge is -2.09. The van der Waals surface area contributed by atoms with Crippen molar-refractivity contribution in [3.63, 3.8) is 0 Å². The van der Waals surface area contributed by atoms with Gasteiger partial charge < -0.3 is 0 Å². The standard InChI is InChI=1S/C25H16ClN3/c26-23-15-21(20-11-10-17-6-4-5-9-19(17)14-20)12-13-22(23)25-28-16-27-24(29-25)18-7-2-1-3-8-18/h1-16H. The molecular weight excluding hydrogens is 378 g/mol. The number of hydrogen-bond donors (Lipinski definition) is 0. The zero-order valence-corrected chi connectivity index (χ0v) is 16.2. The summed E-state index contributed by atoms with van der Waals surface area (Å²) in [6.45, 7) is 0. The van der Waals surface area contributed by atoms with Crippen molar-refractivity contribution in [2.45, 2.75) is 0 Å². The Bertz CT molecular complexity index is 1320. The molecule has 4 heteroatoms. The van der Waals surface area contributed by atoms with E-state index in [0.29, 0.717) is 16.7 Å². The van der Waals surface area contributed by atoms with Crippen molar-refractivity contribution in [2.24, 2.45) is 0 Å². The Morgan fingerprint density at radius 2 is 1.24 bits per heavy atom. The molecule has 1 aromatic heterocycles. The number of nitrogens with zero attached hydrogens (tertiary/aromatic N) is 3. The molecule has 0 aliphatic carbocycles. The van der Waals surface area contributed by atoms with Gasteiger partial charge in [0.05, 0.1) is 5.02 Å². The van der Waals surface area contributed by atoms with Gasteiger partial charge in [-0.1, -0.05) is 84.4 Å². The molecule has 29 heavy (non-hydrogen) atoms. The van der Waals surface area contributed by atoms with E-state index in [4.69, 9.17) is 11.6 Å². The van der Waals surface area contributed by atoms with Gasteiger partial charge in [0.15, 0.2) is 11.6 Å². The highest BCUT2D eigenvalue weighted by Gasteiger charge is 2.11. The van der Waals surface area contributed by atoms with Crippen molar-refractivity contribution in [1.82, 2.24) is 15.0 Å². The monoisotopic (exact) mass is 393 g/mol. The molecule has 3 nitrogen and oxygen atoms in total. The van der Waals surface area contributed by atoms with E-state index in [-0.39, 0.29) is 0 Å². The molecule has 5 aromatic rings. The Hall–Kier alpha value is -3.56. The zero-order valence-electron chi connectivity index (χ0n) is 15.5. The first-order chi connectivity index (χ1) is 14.3. The lowest BCUT2D eigenvalue weighted by molar-refractivity contribution is 1.07. The minimum absolute atomic E-state index is 0.564. The fourth-order valence-corrected chi connectivity index (χ4v) is 3.66. The summed E-state index contributed by atoms with van der Waals surface area (Å²) < 4.78 is 0. The van der Waals surface area contributed by atoms with Crippen molar-refractivity contribution in [3.8, 4) is 33.9 Å². The summed E-state index contributed by atoms with van der Waals surface area (Å²) in [4.78, 5) is 13.2. The normalized spacial score (nSPS) is 10.9. The van der Waals surface area contributed by atoms with Crippen molar-refractivity contribution >= 4 is 22.4 Å². The quantitative estimate of drug-likeness (QED) is 0.343. The lowest BCUT2D eigenvalue weighted by atomic mass is 10.00. The summed E-state index contributed by atoms with van der Waals surface area (Å²) in [5.41, 5.74) is 3.91. The van der Waals surface area contributed by atoms with Crippen LogP contribution in [0.2, 0.25) is 5.02 Å². The van der Waals surface area contributed by atoms with Crippen LogP contribution >= 0.6 is 11.6 Å². The van der Waals surface area contributed by atoms with E-state index in [9.17, 15) is 0 Å². The van der Waals surface area contributed by atoms with Crippen LogP contribution in [0.15, 0.2) is 97.3 Å². The number of fused-ring (bicyclic) bond motifs is 1. The molecule has 0 atom stereocenters. The molecule has 0 bridgehead atoms. The van der Waals surface area contributed by atoms with Crippen LogP contribution in [-0.2, 0) is 0 Å². The number of rotatable bonds is 3. The Balaban J connectivity index is 1.53. The van der Waals surface area contributed by atoms with E-state index in [2.05, 4.69) is 51.4 Å². The first-order valence-corrected chi connectivity index (χ1v) is 9.69. The molecule has 0 aliphatic rings. The van der Waals surface area contributed by atoms with Gasteiger partial charge in [-0.3, -0.25) is 0 Å². The van der Waals surface area contributed by atoms with E-state index < -0.39 is 0 Å². The van der Waals surface area contributed by atoms with Crippen molar-refractivity contribution in [3.05, 3.63) is 102 Å². The van der Waals surface area contributed by atoms with Gasteiger partial charge in [0, 0.05) is 11.1 Å².